The van der Waals surface area contributed by atoms with Gasteiger partial charge >= 0.3 is 0 Å². The molecule has 2 rings (SSSR count). The topological polar surface area (TPSA) is 73.3 Å². The summed E-state index contributed by atoms with van der Waals surface area (Å²) in [4.78, 5) is 20.8. The van der Waals surface area contributed by atoms with Crippen molar-refractivity contribution in [1.82, 2.24) is 15.3 Å². The zero-order valence-electron chi connectivity index (χ0n) is 15.5. The minimum Gasteiger partial charge on any atom is -0.493 e. The maximum Gasteiger partial charge on any atom is 0.271 e. The van der Waals surface area contributed by atoms with Crippen molar-refractivity contribution in [3.05, 3.63) is 46.5 Å². The molecule has 0 aliphatic carbocycles. The van der Waals surface area contributed by atoms with Crippen LogP contribution in [0.5, 0.6) is 11.5 Å². The standard InChI is InChI=1S/C19H24ClN3O3/c1-5-8-26-15-7-6-13(9-16(15)25-4)10-22-19(24)17-14(20)11-21-18(23-17)12(2)3/h6-7,9,11-12H,5,8,10H2,1-4H3,(H,22,24). The average molecular weight is 378 g/mol. The van der Waals surface area contributed by atoms with Crippen LogP contribution in [0.4, 0.5) is 0 Å². The first-order valence-electron chi connectivity index (χ1n) is 8.56. The Morgan fingerprint density at radius 1 is 1.31 bits per heavy atom. The van der Waals surface area contributed by atoms with Gasteiger partial charge in [-0.25, -0.2) is 9.97 Å². The number of amides is 1. The van der Waals surface area contributed by atoms with Gasteiger partial charge in [0, 0.05) is 12.5 Å². The van der Waals surface area contributed by atoms with E-state index in [1.165, 1.54) is 6.20 Å². The van der Waals surface area contributed by atoms with Crippen molar-refractivity contribution < 1.29 is 14.3 Å². The Morgan fingerprint density at radius 3 is 2.73 bits per heavy atom. The van der Waals surface area contributed by atoms with Gasteiger partial charge in [0.1, 0.15) is 11.5 Å². The smallest absolute Gasteiger partial charge is 0.271 e. The van der Waals surface area contributed by atoms with Crippen LogP contribution in [0.1, 0.15) is 55.0 Å². The monoisotopic (exact) mass is 377 g/mol. The van der Waals surface area contributed by atoms with E-state index in [4.69, 9.17) is 21.1 Å². The number of nitrogens with one attached hydrogen (secondary N) is 1. The fraction of sp³-hybridized carbons (Fsp3) is 0.421. The number of methoxy groups -OCH3 is 1. The van der Waals surface area contributed by atoms with Crippen molar-refractivity contribution in [3.63, 3.8) is 0 Å². The van der Waals surface area contributed by atoms with Crippen LogP contribution >= 0.6 is 11.6 Å². The number of rotatable bonds is 8. The van der Waals surface area contributed by atoms with E-state index in [0.29, 0.717) is 30.5 Å². The van der Waals surface area contributed by atoms with Gasteiger partial charge in [-0.05, 0) is 24.1 Å². The van der Waals surface area contributed by atoms with Gasteiger partial charge < -0.3 is 14.8 Å². The van der Waals surface area contributed by atoms with Crippen LogP contribution in [0.25, 0.3) is 0 Å². The number of halogens is 1. The number of nitrogens with zero attached hydrogens (tertiary/aromatic N) is 2. The molecule has 1 amide bonds. The summed E-state index contributed by atoms with van der Waals surface area (Å²) in [6, 6.07) is 5.56. The van der Waals surface area contributed by atoms with E-state index >= 15 is 0 Å². The third-order valence-electron chi connectivity index (χ3n) is 3.64. The van der Waals surface area contributed by atoms with E-state index < -0.39 is 0 Å². The summed E-state index contributed by atoms with van der Waals surface area (Å²) in [5.41, 5.74) is 1.06. The molecule has 0 spiro atoms. The summed E-state index contributed by atoms with van der Waals surface area (Å²) in [6.45, 7) is 6.90. The van der Waals surface area contributed by atoms with Crippen molar-refractivity contribution in [2.75, 3.05) is 13.7 Å². The van der Waals surface area contributed by atoms with Crippen LogP contribution in [-0.4, -0.2) is 29.6 Å². The summed E-state index contributed by atoms with van der Waals surface area (Å²) in [5.74, 6) is 1.67. The molecule has 0 bridgehead atoms. The van der Waals surface area contributed by atoms with Crippen LogP contribution in [0.15, 0.2) is 24.4 Å². The van der Waals surface area contributed by atoms with E-state index in [0.717, 1.165) is 12.0 Å². The lowest BCUT2D eigenvalue weighted by molar-refractivity contribution is 0.0945. The second-order valence-corrected chi connectivity index (χ2v) is 6.50. The molecule has 2 aromatic rings. The Kier molecular flexibility index (Phi) is 7.21. The third kappa shape index (κ3) is 5.08. The summed E-state index contributed by atoms with van der Waals surface area (Å²) in [7, 11) is 1.59. The molecule has 0 radical (unpaired) electrons. The molecule has 26 heavy (non-hydrogen) atoms. The molecule has 1 aromatic carbocycles. The first kappa shape index (κ1) is 20.0. The van der Waals surface area contributed by atoms with Gasteiger partial charge in [0.25, 0.3) is 5.91 Å². The Bertz CT molecular complexity index is 766. The van der Waals surface area contributed by atoms with Gasteiger partial charge in [-0.15, -0.1) is 0 Å². The fourth-order valence-electron chi connectivity index (χ4n) is 2.24. The van der Waals surface area contributed by atoms with Gasteiger partial charge in [-0.1, -0.05) is 38.4 Å². The van der Waals surface area contributed by atoms with E-state index in [9.17, 15) is 4.79 Å². The highest BCUT2D eigenvalue weighted by molar-refractivity contribution is 6.33. The Hall–Kier alpha value is -2.34. The van der Waals surface area contributed by atoms with Crippen molar-refractivity contribution in [2.24, 2.45) is 0 Å². The van der Waals surface area contributed by atoms with Crippen molar-refractivity contribution in [1.29, 1.82) is 0 Å². The van der Waals surface area contributed by atoms with Crippen LogP contribution in [0, 0.1) is 0 Å². The molecule has 0 unspecified atom stereocenters. The number of carbonyl (C=O) groups is 1. The molecule has 6 nitrogen and oxygen atoms in total. The molecule has 0 aliphatic heterocycles. The molecule has 1 heterocycles. The first-order valence-corrected chi connectivity index (χ1v) is 8.94. The highest BCUT2D eigenvalue weighted by Crippen LogP contribution is 2.28. The van der Waals surface area contributed by atoms with E-state index in [1.807, 2.05) is 39.0 Å². The summed E-state index contributed by atoms with van der Waals surface area (Å²) < 4.78 is 11.0. The average Bonchev–Trinajstić information content (AvgIpc) is 2.64. The zero-order chi connectivity index (χ0) is 19.1. The lowest BCUT2D eigenvalue weighted by Gasteiger charge is -2.12. The molecule has 0 aliphatic rings. The Balaban J connectivity index is 2.08. The third-order valence-corrected chi connectivity index (χ3v) is 3.91. The lowest BCUT2D eigenvalue weighted by Crippen LogP contribution is -2.25. The molecule has 7 heteroatoms. The molecular weight excluding hydrogens is 354 g/mol. The highest BCUT2D eigenvalue weighted by Gasteiger charge is 2.15. The van der Waals surface area contributed by atoms with Gasteiger partial charge in [0.2, 0.25) is 0 Å². The number of benzene rings is 1. The molecular formula is C19H24ClN3O3. The predicted octanol–water partition coefficient (Wildman–Crippen LogP) is 3.98. The Morgan fingerprint density at radius 2 is 2.08 bits per heavy atom. The quantitative estimate of drug-likeness (QED) is 0.753. The zero-order valence-corrected chi connectivity index (χ0v) is 16.3. The van der Waals surface area contributed by atoms with Crippen LogP contribution in [0.3, 0.4) is 0 Å². The number of hydrogen-bond acceptors (Lipinski definition) is 5. The SMILES string of the molecule is CCCOc1ccc(CNC(=O)c2nc(C(C)C)ncc2Cl)cc1OC. The minimum absolute atomic E-state index is 0.110. The van der Waals surface area contributed by atoms with Crippen LogP contribution in [-0.2, 0) is 6.54 Å². The maximum absolute atomic E-state index is 12.4. The fourth-order valence-corrected chi connectivity index (χ4v) is 2.41. The lowest BCUT2D eigenvalue weighted by atomic mass is 10.2. The molecule has 0 atom stereocenters. The van der Waals surface area contributed by atoms with E-state index in [2.05, 4.69) is 15.3 Å². The Labute approximate surface area is 158 Å². The summed E-state index contributed by atoms with van der Waals surface area (Å²) in [6.07, 6.45) is 2.38. The van der Waals surface area contributed by atoms with Crippen molar-refractivity contribution >= 4 is 17.5 Å². The number of hydrogen-bond donors (Lipinski definition) is 1. The van der Waals surface area contributed by atoms with Gasteiger partial charge in [-0.2, -0.15) is 0 Å². The number of aromatic nitrogens is 2. The molecule has 0 fully saturated rings. The second kappa shape index (κ2) is 9.38. The minimum atomic E-state index is -0.343. The number of ether oxygens (including phenoxy) is 2. The molecule has 1 aromatic heterocycles. The van der Waals surface area contributed by atoms with Gasteiger partial charge in [0.15, 0.2) is 11.5 Å². The van der Waals surface area contributed by atoms with E-state index in [1.54, 1.807) is 7.11 Å². The first-order chi connectivity index (χ1) is 12.5. The molecule has 1 N–H and O–H groups in total. The van der Waals surface area contributed by atoms with E-state index in [-0.39, 0.29) is 22.5 Å². The van der Waals surface area contributed by atoms with Gasteiger partial charge in [-0.3, -0.25) is 4.79 Å². The highest BCUT2D eigenvalue weighted by atomic mass is 35.5. The largest absolute Gasteiger partial charge is 0.493 e. The molecule has 0 saturated heterocycles. The van der Waals surface area contributed by atoms with Crippen LogP contribution < -0.4 is 14.8 Å². The molecule has 140 valence electrons. The van der Waals surface area contributed by atoms with Crippen LogP contribution in [0.2, 0.25) is 5.02 Å². The predicted molar refractivity (Wildman–Crippen MR) is 101 cm³/mol. The summed E-state index contributed by atoms with van der Waals surface area (Å²) >= 11 is 6.07. The summed E-state index contributed by atoms with van der Waals surface area (Å²) in [5, 5.41) is 3.06. The second-order valence-electron chi connectivity index (χ2n) is 6.10. The van der Waals surface area contributed by atoms with Gasteiger partial charge in [0.05, 0.1) is 24.9 Å². The normalized spacial score (nSPS) is 10.7. The number of carbonyl (C=O) groups excluding carboxylic acids is 1. The van der Waals surface area contributed by atoms with Crippen molar-refractivity contribution in [2.45, 2.75) is 39.7 Å². The molecule has 0 saturated carbocycles. The van der Waals surface area contributed by atoms with Crippen molar-refractivity contribution in [3.8, 4) is 11.5 Å². The maximum atomic E-state index is 12.4.